The van der Waals surface area contributed by atoms with Crippen molar-refractivity contribution in [2.75, 3.05) is 43.4 Å². The Hall–Kier alpha value is -2.00. The van der Waals surface area contributed by atoms with Crippen LogP contribution < -0.4 is 10.6 Å². The third kappa shape index (κ3) is 4.49. The van der Waals surface area contributed by atoms with Gasteiger partial charge in [-0.25, -0.2) is 0 Å². The van der Waals surface area contributed by atoms with Crippen molar-refractivity contribution < 1.29 is 0 Å². The van der Waals surface area contributed by atoms with Gasteiger partial charge in [-0.1, -0.05) is 29.8 Å². The molecule has 2 N–H and O–H groups in total. The molecule has 1 saturated heterocycles. The van der Waals surface area contributed by atoms with Crippen molar-refractivity contribution in [1.29, 1.82) is 0 Å². The monoisotopic (exact) mass is 309 g/mol. The fourth-order valence-corrected chi connectivity index (χ4v) is 3.29. The van der Waals surface area contributed by atoms with Crippen LogP contribution in [0, 0.1) is 6.92 Å². The third-order valence-corrected chi connectivity index (χ3v) is 4.65. The number of piperazine rings is 1. The van der Waals surface area contributed by atoms with Gasteiger partial charge in [0.25, 0.3) is 0 Å². The summed E-state index contributed by atoms with van der Waals surface area (Å²) in [7, 11) is 0. The summed E-state index contributed by atoms with van der Waals surface area (Å²) >= 11 is 0. The normalized spacial score (nSPS) is 15.8. The molecular weight excluding hydrogens is 282 g/mol. The van der Waals surface area contributed by atoms with E-state index in [0.29, 0.717) is 0 Å². The quantitative estimate of drug-likeness (QED) is 0.860. The molecule has 0 radical (unpaired) electrons. The van der Waals surface area contributed by atoms with Crippen LogP contribution in [0.25, 0.3) is 0 Å². The zero-order valence-corrected chi connectivity index (χ0v) is 14.0. The predicted molar refractivity (Wildman–Crippen MR) is 99.0 cm³/mol. The standard InChI is InChI=1S/C20H27N3/c1-17-4-2-5-18(16-17)6-3-11-22-12-14-23(15-13-22)20-9-7-19(21)8-10-20/h2,4-5,7-10,16H,3,6,11-15,21H2,1H3. The number of hydrogen-bond acceptors (Lipinski definition) is 3. The summed E-state index contributed by atoms with van der Waals surface area (Å²) in [5.74, 6) is 0. The minimum Gasteiger partial charge on any atom is -0.399 e. The van der Waals surface area contributed by atoms with Gasteiger partial charge in [-0.15, -0.1) is 0 Å². The van der Waals surface area contributed by atoms with Gasteiger partial charge in [-0.2, -0.15) is 0 Å². The van der Waals surface area contributed by atoms with Crippen molar-refractivity contribution in [2.45, 2.75) is 19.8 Å². The SMILES string of the molecule is Cc1cccc(CCCN2CCN(c3ccc(N)cc3)CC2)c1. The number of nitrogens with two attached hydrogens (primary N) is 1. The zero-order valence-electron chi connectivity index (χ0n) is 14.0. The van der Waals surface area contributed by atoms with E-state index in [2.05, 4.69) is 53.1 Å². The second-order valence-electron chi connectivity index (χ2n) is 6.51. The molecule has 0 amide bonds. The van der Waals surface area contributed by atoms with Crippen LogP contribution in [0.2, 0.25) is 0 Å². The van der Waals surface area contributed by atoms with Crippen LogP contribution in [0.1, 0.15) is 17.5 Å². The highest BCUT2D eigenvalue weighted by Crippen LogP contribution is 2.18. The molecule has 2 aromatic carbocycles. The molecule has 1 aliphatic heterocycles. The smallest absolute Gasteiger partial charge is 0.0368 e. The maximum absolute atomic E-state index is 5.76. The van der Waals surface area contributed by atoms with Crippen molar-refractivity contribution in [1.82, 2.24) is 4.90 Å². The molecule has 122 valence electrons. The number of nitrogen functional groups attached to an aromatic ring is 1. The topological polar surface area (TPSA) is 32.5 Å². The van der Waals surface area contributed by atoms with Gasteiger partial charge < -0.3 is 10.6 Å². The van der Waals surface area contributed by atoms with Crippen LogP contribution in [0.3, 0.4) is 0 Å². The molecule has 23 heavy (non-hydrogen) atoms. The van der Waals surface area contributed by atoms with Crippen molar-refractivity contribution in [3.05, 3.63) is 59.7 Å². The summed E-state index contributed by atoms with van der Waals surface area (Å²) in [5.41, 5.74) is 10.7. The number of nitrogens with zero attached hydrogens (tertiary/aromatic N) is 2. The Morgan fingerprint density at radius 1 is 0.957 bits per heavy atom. The molecule has 0 aliphatic carbocycles. The van der Waals surface area contributed by atoms with E-state index in [9.17, 15) is 0 Å². The highest BCUT2D eigenvalue weighted by molar-refractivity contribution is 5.53. The molecule has 0 atom stereocenters. The Morgan fingerprint density at radius 2 is 1.70 bits per heavy atom. The number of rotatable bonds is 5. The Labute approximate surface area is 139 Å². The van der Waals surface area contributed by atoms with Crippen LogP contribution in [0.15, 0.2) is 48.5 Å². The molecular formula is C20H27N3. The first-order chi connectivity index (χ1) is 11.2. The first-order valence-corrected chi connectivity index (χ1v) is 8.59. The maximum Gasteiger partial charge on any atom is 0.0368 e. The Kier molecular flexibility index (Phi) is 5.19. The second-order valence-corrected chi connectivity index (χ2v) is 6.51. The van der Waals surface area contributed by atoms with Gasteiger partial charge in [-0.3, -0.25) is 4.90 Å². The van der Waals surface area contributed by atoms with Crippen LogP contribution in [-0.4, -0.2) is 37.6 Å². The molecule has 3 nitrogen and oxygen atoms in total. The molecule has 2 aromatic rings. The lowest BCUT2D eigenvalue weighted by Gasteiger charge is -2.36. The lowest BCUT2D eigenvalue weighted by Crippen LogP contribution is -2.46. The van der Waals surface area contributed by atoms with Gasteiger partial charge in [0.2, 0.25) is 0 Å². The minimum absolute atomic E-state index is 0.837. The first kappa shape index (κ1) is 15.9. The fourth-order valence-electron chi connectivity index (χ4n) is 3.29. The Bertz CT molecular complexity index is 613. The summed E-state index contributed by atoms with van der Waals surface area (Å²) in [5, 5.41) is 0. The number of benzene rings is 2. The maximum atomic E-state index is 5.76. The van der Waals surface area contributed by atoms with Gasteiger partial charge in [0.1, 0.15) is 0 Å². The van der Waals surface area contributed by atoms with E-state index >= 15 is 0 Å². The molecule has 1 aliphatic rings. The molecule has 1 fully saturated rings. The number of hydrogen-bond donors (Lipinski definition) is 1. The van der Waals surface area contributed by atoms with Gasteiger partial charge in [0.05, 0.1) is 0 Å². The Morgan fingerprint density at radius 3 is 2.39 bits per heavy atom. The van der Waals surface area contributed by atoms with Crippen LogP contribution >= 0.6 is 0 Å². The van der Waals surface area contributed by atoms with Crippen LogP contribution in [-0.2, 0) is 6.42 Å². The summed E-state index contributed by atoms with van der Waals surface area (Å²) in [6.07, 6.45) is 2.42. The van der Waals surface area contributed by atoms with Gasteiger partial charge in [0, 0.05) is 37.6 Å². The highest BCUT2D eigenvalue weighted by Gasteiger charge is 2.16. The third-order valence-electron chi connectivity index (χ3n) is 4.65. The van der Waals surface area contributed by atoms with Crippen molar-refractivity contribution >= 4 is 11.4 Å². The first-order valence-electron chi connectivity index (χ1n) is 8.59. The molecule has 0 spiro atoms. The average molecular weight is 309 g/mol. The largest absolute Gasteiger partial charge is 0.399 e. The number of aryl methyl sites for hydroxylation is 2. The van der Waals surface area contributed by atoms with Gasteiger partial charge >= 0.3 is 0 Å². The van der Waals surface area contributed by atoms with Crippen molar-refractivity contribution in [3.63, 3.8) is 0 Å². The molecule has 0 saturated carbocycles. The lowest BCUT2D eigenvalue weighted by molar-refractivity contribution is 0.255. The number of anilines is 2. The predicted octanol–water partition coefficient (Wildman–Crippen LogP) is 3.33. The highest BCUT2D eigenvalue weighted by atomic mass is 15.3. The fraction of sp³-hybridized carbons (Fsp3) is 0.400. The van der Waals surface area contributed by atoms with E-state index in [4.69, 9.17) is 5.73 Å². The second kappa shape index (κ2) is 7.51. The molecule has 0 aromatic heterocycles. The summed E-state index contributed by atoms with van der Waals surface area (Å²) in [6.45, 7) is 7.88. The van der Waals surface area contributed by atoms with Crippen molar-refractivity contribution in [2.24, 2.45) is 0 Å². The minimum atomic E-state index is 0.837. The lowest BCUT2D eigenvalue weighted by atomic mass is 10.1. The molecule has 0 unspecified atom stereocenters. The van der Waals surface area contributed by atoms with Crippen molar-refractivity contribution in [3.8, 4) is 0 Å². The zero-order chi connectivity index (χ0) is 16.1. The Balaban J connectivity index is 1.41. The van der Waals surface area contributed by atoms with E-state index in [0.717, 1.165) is 31.9 Å². The molecule has 3 rings (SSSR count). The van der Waals surface area contributed by atoms with E-state index in [-0.39, 0.29) is 0 Å². The summed E-state index contributed by atoms with van der Waals surface area (Å²) in [4.78, 5) is 5.04. The van der Waals surface area contributed by atoms with Crippen LogP contribution in [0.5, 0.6) is 0 Å². The van der Waals surface area contributed by atoms with E-state index < -0.39 is 0 Å². The molecule has 1 heterocycles. The summed E-state index contributed by atoms with van der Waals surface area (Å²) in [6, 6.07) is 17.1. The van der Waals surface area contributed by atoms with E-state index in [1.54, 1.807) is 0 Å². The summed E-state index contributed by atoms with van der Waals surface area (Å²) < 4.78 is 0. The van der Waals surface area contributed by atoms with E-state index in [1.165, 1.54) is 36.2 Å². The van der Waals surface area contributed by atoms with Gasteiger partial charge in [-0.05, 0) is 56.1 Å². The van der Waals surface area contributed by atoms with Crippen LogP contribution in [0.4, 0.5) is 11.4 Å². The van der Waals surface area contributed by atoms with Gasteiger partial charge in [0.15, 0.2) is 0 Å². The van der Waals surface area contributed by atoms with E-state index in [1.807, 2.05) is 12.1 Å². The molecule has 3 heteroatoms. The molecule has 0 bridgehead atoms. The average Bonchev–Trinajstić information content (AvgIpc) is 2.56.